The average molecular weight is 333 g/mol. The van der Waals surface area contributed by atoms with Crippen LogP contribution in [0, 0.1) is 0 Å². The van der Waals surface area contributed by atoms with E-state index in [1.54, 1.807) is 0 Å². The van der Waals surface area contributed by atoms with E-state index in [0.29, 0.717) is 0 Å². The van der Waals surface area contributed by atoms with Gasteiger partial charge in [0, 0.05) is 22.4 Å². The number of anilines is 2. The molecule has 0 radical (unpaired) electrons. The maximum atomic E-state index is 5.51. The highest BCUT2D eigenvalue weighted by Crippen LogP contribution is 2.28. The first-order valence-electron chi connectivity index (χ1n) is 6.16. The van der Waals surface area contributed by atoms with Crippen molar-refractivity contribution in [2.24, 2.45) is 0 Å². The van der Waals surface area contributed by atoms with Crippen LogP contribution in [0.3, 0.4) is 0 Å². The molecular formula is C15H13BrN2S. The second-order valence-electron chi connectivity index (χ2n) is 4.47. The van der Waals surface area contributed by atoms with Gasteiger partial charge in [-0.15, -0.1) is 0 Å². The molecule has 0 saturated carbocycles. The quantitative estimate of drug-likeness (QED) is 0.787. The van der Waals surface area contributed by atoms with E-state index >= 15 is 0 Å². The molecule has 1 aliphatic rings. The lowest BCUT2D eigenvalue weighted by atomic mass is 10.2. The number of nitrogens with one attached hydrogen (secondary N) is 1. The van der Waals surface area contributed by atoms with Crippen LogP contribution in [-0.4, -0.2) is 11.7 Å². The summed E-state index contributed by atoms with van der Waals surface area (Å²) in [6.07, 6.45) is 1.05. The van der Waals surface area contributed by atoms with Gasteiger partial charge in [-0.05, 0) is 48.5 Å². The standard InChI is InChI=1S/C15H13BrN2S/c16-12-5-3-6-13(10-12)17-15(19)18-9-8-11-4-1-2-7-14(11)18/h1-7,10H,8-9H2,(H,17,19). The highest BCUT2D eigenvalue weighted by molar-refractivity contribution is 9.10. The molecule has 2 aromatic carbocycles. The van der Waals surface area contributed by atoms with Crippen LogP contribution in [0.2, 0.25) is 0 Å². The van der Waals surface area contributed by atoms with Crippen LogP contribution in [0.4, 0.5) is 11.4 Å². The first kappa shape index (κ1) is 12.6. The second kappa shape index (κ2) is 5.31. The molecule has 0 aromatic heterocycles. The second-order valence-corrected chi connectivity index (χ2v) is 5.77. The molecule has 1 aliphatic heterocycles. The highest BCUT2D eigenvalue weighted by Gasteiger charge is 2.21. The molecule has 0 atom stereocenters. The number of para-hydroxylation sites is 1. The third-order valence-electron chi connectivity index (χ3n) is 3.21. The van der Waals surface area contributed by atoms with Crippen molar-refractivity contribution in [3.63, 3.8) is 0 Å². The van der Waals surface area contributed by atoms with Gasteiger partial charge in [0.15, 0.2) is 5.11 Å². The van der Waals surface area contributed by atoms with Crippen LogP contribution in [-0.2, 0) is 6.42 Å². The van der Waals surface area contributed by atoms with E-state index in [4.69, 9.17) is 12.2 Å². The lowest BCUT2D eigenvalue weighted by Gasteiger charge is -2.21. The Morgan fingerprint density at radius 3 is 2.84 bits per heavy atom. The van der Waals surface area contributed by atoms with Crippen molar-refractivity contribution in [3.05, 3.63) is 58.6 Å². The number of nitrogens with zero attached hydrogens (tertiary/aromatic N) is 1. The van der Waals surface area contributed by atoms with Crippen LogP contribution in [0.25, 0.3) is 0 Å². The van der Waals surface area contributed by atoms with Crippen molar-refractivity contribution in [1.82, 2.24) is 0 Å². The summed E-state index contributed by atoms with van der Waals surface area (Å²) in [6, 6.07) is 16.4. The fraction of sp³-hybridized carbons (Fsp3) is 0.133. The number of fused-ring (bicyclic) bond motifs is 1. The number of hydrogen-bond acceptors (Lipinski definition) is 1. The van der Waals surface area contributed by atoms with Crippen LogP contribution in [0.1, 0.15) is 5.56 Å². The highest BCUT2D eigenvalue weighted by atomic mass is 79.9. The van der Waals surface area contributed by atoms with Gasteiger partial charge in [-0.2, -0.15) is 0 Å². The van der Waals surface area contributed by atoms with Gasteiger partial charge >= 0.3 is 0 Å². The molecule has 0 spiro atoms. The SMILES string of the molecule is S=C(Nc1cccc(Br)c1)N1CCc2ccccc21. The summed E-state index contributed by atoms with van der Waals surface area (Å²) in [4.78, 5) is 2.16. The zero-order chi connectivity index (χ0) is 13.2. The van der Waals surface area contributed by atoms with E-state index in [9.17, 15) is 0 Å². The van der Waals surface area contributed by atoms with Gasteiger partial charge in [0.2, 0.25) is 0 Å². The summed E-state index contributed by atoms with van der Waals surface area (Å²) >= 11 is 8.98. The third-order valence-corrected chi connectivity index (χ3v) is 4.02. The molecule has 2 nitrogen and oxygen atoms in total. The Kier molecular flexibility index (Phi) is 3.53. The van der Waals surface area contributed by atoms with E-state index in [2.05, 4.69) is 50.4 Å². The maximum Gasteiger partial charge on any atom is 0.177 e. The lowest BCUT2D eigenvalue weighted by molar-refractivity contribution is 1.03. The molecule has 0 saturated heterocycles. The molecule has 1 heterocycles. The van der Waals surface area contributed by atoms with E-state index in [0.717, 1.165) is 28.2 Å². The Hall–Kier alpha value is -1.39. The number of benzene rings is 2. The van der Waals surface area contributed by atoms with Gasteiger partial charge in [0.25, 0.3) is 0 Å². The Bertz CT molecular complexity index is 627. The lowest BCUT2D eigenvalue weighted by Crippen LogP contribution is -2.33. The molecule has 0 aliphatic carbocycles. The van der Waals surface area contributed by atoms with Crippen LogP contribution in [0.5, 0.6) is 0 Å². The van der Waals surface area contributed by atoms with Crippen molar-refractivity contribution in [2.45, 2.75) is 6.42 Å². The number of hydrogen-bond donors (Lipinski definition) is 1. The fourth-order valence-corrected chi connectivity index (χ4v) is 3.01. The van der Waals surface area contributed by atoms with Gasteiger partial charge in [-0.25, -0.2) is 0 Å². The van der Waals surface area contributed by atoms with Crippen molar-refractivity contribution in [1.29, 1.82) is 0 Å². The van der Waals surface area contributed by atoms with Gasteiger partial charge < -0.3 is 10.2 Å². The minimum absolute atomic E-state index is 0.753. The topological polar surface area (TPSA) is 15.3 Å². The Morgan fingerprint density at radius 1 is 1.16 bits per heavy atom. The molecule has 3 rings (SSSR count). The van der Waals surface area contributed by atoms with Gasteiger partial charge in [0.1, 0.15) is 0 Å². The molecule has 0 fully saturated rings. The van der Waals surface area contributed by atoms with Crippen LogP contribution >= 0.6 is 28.1 Å². The van der Waals surface area contributed by atoms with Gasteiger partial charge in [-0.3, -0.25) is 0 Å². The first-order chi connectivity index (χ1) is 9.24. The van der Waals surface area contributed by atoms with E-state index in [1.165, 1.54) is 11.3 Å². The zero-order valence-electron chi connectivity index (χ0n) is 10.3. The van der Waals surface area contributed by atoms with Gasteiger partial charge in [0.05, 0.1) is 0 Å². The third kappa shape index (κ3) is 2.65. The number of thiocarbonyl (C=S) groups is 1. The molecule has 19 heavy (non-hydrogen) atoms. The fourth-order valence-electron chi connectivity index (χ4n) is 2.31. The van der Waals surface area contributed by atoms with Crippen LogP contribution < -0.4 is 10.2 Å². The van der Waals surface area contributed by atoms with Gasteiger partial charge in [-0.1, -0.05) is 40.2 Å². The maximum absolute atomic E-state index is 5.51. The largest absolute Gasteiger partial charge is 0.332 e. The molecule has 4 heteroatoms. The summed E-state index contributed by atoms with van der Waals surface area (Å²) in [5, 5.41) is 4.05. The van der Waals surface area contributed by atoms with E-state index < -0.39 is 0 Å². The minimum Gasteiger partial charge on any atom is -0.332 e. The summed E-state index contributed by atoms with van der Waals surface area (Å²) in [5.41, 5.74) is 3.58. The normalized spacial score (nSPS) is 13.2. The molecule has 0 amide bonds. The number of rotatable bonds is 1. The summed E-state index contributed by atoms with van der Waals surface area (Å²) < 4.78 is 1.04. The van der Waals surface area contributed by atoms with Crippen molar-refractivity contribution in [2.75, 3.05) is 16.8 Å². The van der Waals surface area contributed by atoms with Crippen molar-refractivity contribution < 1.29 is 0 Å². The monoisotopic (exact) mass is 332 g/mol. The van der Waals surface area contributed by atoms with Crippen molar-refractivity contribution in [3.8, 4) is 0 Å². The molecule has 0 unspecified atom stereocenters. The minimum atomic E-state index is 0.753. The Labute approximate surface area is 126 Å². The Morgan fingerprint density at radius 2 is 2.00 bits per heavy atom. The number of halogens is 1. The molecular weight excluding hydrogens is 320 g/mol. The smallest absolute Gasteiger partial charge is 0.177 e. The van der Waals surface area contributed by atoms with E-state index in [1.807, 2.05) is 24.3 Å². The summed E-state index contributed by atoms with van der Waals surface area (Å²) in [7, 11) is 0. The summed E-state index contributed by atoms with van der Waals surface area (Å²) in [6.45, 7) is 0.944. The molecule has 96 valence electrons. The molecule has 0 bridgehead atoms. The predicted molar refractivity (Wildman–Crippen MR) is 87.9 cm³/mol. The van der Waals surface area contributed by atoms with Crippen LogP contribution in [0.15, 0.2) is 53.0 Å². The zero-order valence-corrected chi connectivity index (χ0v) is 12.7. The van der Waals surface area contributed by atoms with E-state index in [-0.39, 0.29) is 0 Å². The average Bonchev–Trinajstić information content (AvgIpc) is 2.82. The Balaban J connectivity index is 1.79. The molecule has 1 N–H and O–H groups in total. The summed E-state index contributed by atoms with van der Waals surface area (Å²) in [5.74, 6) is 0. The molecule has 2 aromatic rings. The first-order valence-corrected chi connectivity index (χ1v) is 7.36. The predicted octanol–water partition coefficient (Wildman–Crippen LogP) is 4.21. The van der Waals surface area contributed by atoms with Crippen molar-refractivity contribution >= 4 is 44.6 Å².